The van der Waals surface area contributed by atoms with Gasteiger partial charge in [-0.1, -0.05) is 0 Å². The molecule has 0 aromatic rings. The Labute approximate surface area is 63.7 Å². The van der Waals surface area contributed by atoms with Crippen LogP contribution in [0, 0.1) is 0 Å². The van der Waals surface area contributed by atoms with Crippen molar-refractivity contribution in [3.8, 4) is 0 Å². The van der Waals surface area contributed by atoms with E-state index >= 15 is 0 Å². The van der Waals surface area contributed by atoms with Crippen LogP contribution in [0.15, 0.2) is 0 Å². The van der Waals surface area contributed by atoms with Crippen LogP contribution in [0.4, 0.5) is 0 Å². The minimum absolute atomic E-state index is 0.667. The zero-order chi connectivity index (χ0) is 7.82. The first-order chi connectivity index (χ1) is 4.81. The van der Waals surface area contributed by atoms with Gasteiger partial charge >= 0.3 is 0 Å². The SMILES string of the molecule is [B]N(CCOC)CCOC. The first-order valence-corrected chi connectivity index (χ1v) is 3.28. The molecule has 0 saturated carbocycles. The lowest BCUT2D eigenvalue weighted by molar-refractivity contribution is 0.152. The lowest BCUT2D eigenvalue weighted by atomic mass is 10.3. The fraction of sp³-hybridized carbons (Fsp3) is 1.00. The predicted octanol–water partition coefficient (Wildman–Crippen LogP) is -0.335. The van der Waals surface area contributed by atoms with Gasteiger partial charge in [-0.3, -0.25) is 0 Å². The first kappa shape index (κ1) is 9.94. The van der Waals surface area contributed by atoms with Crippen molar-refractivity contribution in [2.45, 2.75) is 0 Å². The minimum Gasteiger partial charge on any atom is -0.383 e. The summed E-state index contributed by atoms with van der Waals surface area (Å²) < 4.78 is 9.66. The van der Waals surface area contributed by atoms with E-state index in [1.165, 1.54) is 0 Å². The topological polar surface area (TPSA) is 21.7 Å². The Kier molecular flexibility index (Phi) is 7.02. The van der Waals surface area contributed by atoms with E-state index in [1.807, 2.05) is 0 Å². The molecule has 58 valence electrons. The third kappa shape index (κ3) is 6.07. The largest absolute Gasteiger partial charge is 0.383 e. The second-order valence-electron chi connectivity index (χ2n) is 2.02. The summed E-state index contributed by atoms with van der Waals surface area (Å²) in [5.74, 6) is 0. The summed E-state index contributed by atoms with van der Waals surface area (Å²) in [5, 5.41) is 0. The van der Waals surface area contributed by atoms with Crippen molar-refractivity contribution < 1.29 is 9.47 Å². The monoisotopic (exact) mass is 143 g/mol. The highest BCUT2D eigenvalue weighted by atomic mass is 16.5. The Bertz CT molecular complexity index is 64.8. The third-order valence-electron chi connectivity index (χ3n) is 1.17. The molecule has 0 rings (SSSR count). The molecule has 10 heavy (non-hydrogen) atoms. The molecule has 0 aliphatic rings. The van der Waals surface area contributed by atoms with Gasteiger partial charge in [-0.2, -0.15) is 0 Å². The highest BCUT2D eigenvalue weighted by Gasteiger charge is 1.94. The van der Waals surface area contributed by atoms with Gasteiger partial charge in [0.25, 0.3) is 0 Å². The molecule has 4 heteroatoms. The molecule has 0 atom stereocenters. The van der Waals surface area contributed by atoms with Gasteiger partial charge in [0.15, 0.2) is 7.98 Å². The van der Waals surface area contributed by atoms with Crippen LogP contribution in [0.1, 0.15) is 0 Å². The van der Waals surface area contributed by atoms with Crippen LogP contribution >= 0.6 is 0 Å². The van der Waals surface area contributed by atoms with Crippen LogP contribution in [-0.2, 0) is 9.47 Å². The van der Waals surface area contributed by atoms with Gasteiger partial charge in [0.05, 0.1) is 13.2 Å². The van der Waals surface area contributed by atoms with Gasteiger partial charge in [-0.15, -0.1) is 0 Å². The molecule has 3 nitrogen and oxygen atoms in total. The smallest absolute Gasteiger partial charge is 0.182 e. The van der Waals surface area contributed by atoms with Crippen LogP contribution in [0.2, 0.25) is 0 Å². The summed E-state index contributed by atoms with van der Waals surface area (Å²) in [6.45, 7) is 2.83. The Hall–Kier alpha value is -0.0551. The predicted molar refractivity (Wildman–Crippen MR) is 41.1 cm³/mol. The average molecular weight is 143 g/mol. The lowest BCUT2D eigenvalue weighted by Gasteiger charge is -2.15. The molecule has 0 aliphatic heterocycles. The van der Waals surface area contributed by atoms with E-state index in [0.29, 0.717) is 13.2 Å². The van der Waals surface area contributed by atoms with Gasteiger partial charge in [-0.25, -0.2) is 0 Å². The second kappa shape index (κ2) is 7.06. The lowest BCUT2D eigenvalue weighted by Crippen LogP contribution is -2.27. The van der Waals surface area contributed by atoms with E-state index < -0.39 is 0 Å². The molecular weight excluding hydrogens is 129 g/mol. The van der Waals surface area contributed by atoms with Crippen LogP contribution in [0.25, 0.3) is 0 Å². The summed E-state index contributed by atoms with van der Waals surface area (Å²) in [4.78, 5) is 1.67. The number of hydrogen-bond acceptors (Lipinski definition) is 3. The fourth-order valence-electron chi connectivity index (χ4n) is 0.529. The van der Waals surface area contributed by atoms with Crippen molar-refractivity contribution in [2.75, 3.05) is 40.5 Å². The number of rotatable bonds is 6. The molecule has 0 N–H and O–H groups in total. The van der Waals surface area contributed by atoms with E-state index in [4.69, 9.17) is 17.5 Å². The molecule has 0 aromatic heterocycles. The summed E-state index contributed by atoms with van der Waals surface area (Å²) in [5.41, 5.74) is 0. The Morgan fingerprint density at radius 1 is 1.10 bits per heavy atom. The molecule has 0 heterocycles. The molecule has 0 aromatic carbocycles. The average Bonchev–Trinajstić information content (AvgIpc) is 1.97. The number of methoxy groups -OCH3 is 2. The quantitative estimate of drug-likeness (QED) is 0.475. The molecule has 0 bridgehead atoms. The molecule has 0 amide bonds. The normalized spacial score (nSPS) is 10.7. The second-order valence-corrected chi connectivity index (χ2v) is 2.02. The number of hydrogen-bond donors (Lipinski definition) is 0. The van der Waals surface area contributed by atoms with Gasteiger partial charge in [0.1, 0.15) is 0 Å². The van der Waals surface area contributed by atoms with Crippen LogP contribution < -0.4 is 0 Å². The number of ether oxygens (including phenoxy) is 2. The van der Waals surface area contributed by atoms with Crippen LogP contribution in [-0.4, -0.2) is 53.3 Å². The Morgan fingerprint density at radius 3 is 1.80 bits per heavy atom. The van der Waals surface area contributed by atoms with Crippen molar-refractivity contribution in [1.29, 1.82) is 0 Å². The first-order valence-electron chi connectivity index (χ1n) is 3.28. The van der Waals surface area contributed by atoms with Crippen LogP contribution in [0.3, 0.4) is 0 Å². The van der Waals surface area contributed by atoms with E-state index in [0.717, 1.165) is 13.1 Å². The molecule has 0 spiro atoms. The maximum atomic E-state index is 5.52. The maximum Gasteiger partial charge on any atom is 0.182 e. The molecule has 2 radical (unpaired) electrons. The van der Waals surface area contributed by atoms with E-state index in [2.05, 4.69) is 0 Å². The number of nitrogens with zero attached hydrogens (tertiary/aromatic N) is 1. The van der Waals surface area contributed by atoms with Gasteiger partial charge < -0.3 is 14.3 Å². The van der Waals surface area contributed by atoms with Crippen molar-refractivity contribution in [3.63, 3.8) is 0 Å². The maximum absolute atomic E-state index is 5.52. The van der Waals surface area contributed by atoms with Crippen LogP contribution in [0.5, 0.6) is 0 Å². The molecule has 0 unspecified atom stereocenters. The molecular formula is C6H14BNO2. The van der Waals surface area contributed by atoms with Gasteiger partial charge in [0.2, 0.25) is 0 Å². The Morgan fingerprint density at radius 2 is 1.50 bits per heavy atom. The Balaban J connectivity index is 3.00. The highest BCUT2D eigenvalue weighted by Crippen LogP contribution is 1.80. The highest BCUT2D eigenvalue weighted by molar-refractivity contribution is 6.04. The molecule has 0 aliphatic carbocycles. The van der Waals surface area contributed by atoms with Crippen molar-refractivity contribution >= 4 is 7.98 Å². The summed E-state index contributed by atoms with van der Waals surface area (Å²) in [6, 6.07) is 0. The zero-order valence-electron chi connectivity index (χ0n) is 6.67. The van der Waals surface area contributed by atoms with E-state index in [1.54, 1.807) is 19.0 Å². The van der Waals surface area contributed by atoms with Gasteiger partial charge in [-0.05, 0) is 0 Å². The summed E-state index contributed by atoms with van der Waals surface area (Å²) >= 11 is 0. The minimum atomic E-state index is 0.667. The zero-order valence-corrected chi connectivity index (χ0v) is 6.67. The van der Waals surface area contributed by atoms with E-state index in [-0.39, 0.29) is 0 Å². The molecule has 0 saturated heterocycles. The van der Waals surface area contributed by atoms with Crippen molar-refractivity contribution in [2.24, 2.45) is 0 Å². The van der Waals surface area contributed by atoms with E-state index in [9.17, 15) is 0 Å². The fourth-order valence-corrected chi connectivity index (χ4v) is 0.529. The summed E-state index contributed by atoms with van der Waals surface area (Å²) in [6.07, 6.45) is 0. The van der Waals surface area contributed by atoms with Crippen molar-refractivity contribution in [3.05, 3.63) is 0 Å². The van der Waals surface area contributed by atoms with Gasteiger partial charge in [0, 0.05) is 27.3 Å². The molecule has 0 fully saturated rings. The van der Waals surface area contributed by atoms with Crippen molar-refractivity contribution in [1.82, 2.24) is 4.81 Å². The standard InChI is InChI=1S/C6H14BNO2/c1-9-5-3-8(7)4-6-10-2/h3-6H2,1-2H3. The summed E-state index contributed by atoms with van der Waals surface area (Å²) in [7, 11) is 8.83. The third-order valence-corrected chi connectivity index (χ3v) is 1.17.